The van der Waals surface area contributed by atoms with Gasteiger partial charge < -0.3 is 64.0 Å². The number of aromatic nitrogens is 12. The second-order valence-electron chi connectivity index (χ2n) is 35.7. The smallest absolute Gasteiger partial charge is 0.268 e. The van der Waals surface area contributed by atoms with Gasteiger partial charge >= 0.3 is 0 Å². The molecule has 0 unspecified atom stereocenters. The number of fused-ring (bicyclic) bond motifs is 21. The Labute approximate surface area is 899 Å². The van der Waals surface area contributed by atoms with Crippen LogP contribution < -0.4 is 27.9 Å². The van der Waals surface area contributed by atoms with Crippen molar-refractivity contribution in [3.63, 3.8) is 0 Å². The molecule has 0 aliphatic heterocycles. The first-order valence-corrected chi connectivity index (χ1v) is 47.7. The van der Waals surface area contributed by atoms with Crippen molar-refractivity contribution in [3.05, 3.63) is 480 Å². The molecule has 0 atom stereocenters. The van der Waals surface area contributed by atoms with Gasteiger partial charge in [-0.25, -0.2) is 15.0 Å². The topological polar surface area (TPSA) is 147 Å². The summed E-state index contributed by atoms with van der Waals surface area (Å²) in [7, 11) is 1.99. The molecule has 0 aliphatic carbocycles. The van der Waals surface area contributed by atoms with Crippen LogP contribution in [0.5, 0.6) is 34.5 Å². The van der Waals surface area contributed by atoms with Gasteiger partial charge in [-0.1, -0.05) is 289 Å². The van der Waals surface area contributed by atoms with E-state index >= 15 is 0 Å². The average molecular weight is 2470 g/mol. The largest absolute Gasteiger partial charge is 0.510 e. The van der Waals surface area contributed by atoms with E-state index in [1.807, 2.05) is 192 Å². The second-order valence-corrected chi connectivity index (χ2v) is 35.7. The van der Waals surface area contributed by atoms with Crippen molar-refractivity contribution >= 4 is 164 Å². The Hall–Kier alpha value is -17.9. The molecule has 0 saturated carbocycles. The molecule has 0 aliphatic rings. The zero-order valence-corrected chi connectivity index (χ0v) is 85.5. The van der Waals surface area contributed by atoms with Crippen molar-refractivity contribution in [2.45, 2.75) is 0 Å². The molecule has 720 valence electrons. The summed E-state index contributed by atoms with van der Waals surface area (Å²) in [5.41, 5.74) is 23.5. The minimum absolute atomic E-state index is 0. The Morgan fingerprint density at radius 1 is 0.255 bits per heavy atom. The molecule has 0 spiro atoms. The third-order valence-electron chi connectivity index (χ3n) is 27.0. The van der Waals surface area contributed by atoms with E-state index in [4.69, 9.17) is 46.5 Å². The van der Waals surface area contributed by atoms with E-state index < -0.39 is 6.98 Å². The van der Waals surface area contributed by atoms with Crippen molar-refractivity contribution in [2.75, 3.05) is 0 Å². The summed E-state index contributed by atoms with van der Waals surface area (Å²) in [6.45, 7) is -2.38. The number of pyridine rings is 3. The third kappa shape index (κ3) is 16.2. The molecular formula is C128H76N12O6Pt3-6. The van der Waals surface area contributed by atoms with Crippen LogP contribution in [0.4, 0.5) is 0 Å². The molecule has 30 rings (SSSR count). The zero-order chi connectivity index (χ0) is 99.1. The maximum absolute atomic E-state index is 7.98. The summed E-state index contributed by atoms with van der Waals surface area (Å²) in [5.74, 6) is 5.55. The number of furan rings is 3. The van der Waals surface area contributed by atoms with Gasteiger partial charge in [0.05, 0.1) is 75.5 Å². The Kier molecular flexibility index (Phi) is 22.8. The monoisotopic (exact) mass is 2460 g/mol. The number of benzene rings is 18. The van der Waals surface area contributed by atoms with Crippen LogP contribution in [0.15, 0.2) is 438 Å². The van der Waals surface area contributed by atoms with Crippen LogP contribution >= 0.6 is 0 Å². The van der Waals surface area contributed by atoms with E-state index in [9.17, 15) is 0 Å². The normalized spacial score (nSPS) is 11.9. The molecule has 30 aromatic rings. The Morgan fingerprint density at radius 3 is 0.940 bits per heavy atom. The Bertz CT molecular complexity index is 10600. The molecule has 0 fully saturated rings. The van der Waals surface area contributed by atoms with Crippen LogP contribution in [0, 0.1) is 55.4 Å². The number of hydrogen-bond acceptors (Lipinski definition) is 9. The first-order chi connectivity index (χ1) is 73.4. The number of hydrogen-bond donors (Lipinski definition) is 0. The molecule has 21 heteroatoms. The van der Waals surface area contributed by atoms with E-state index in [2.05, 4.69) is 297 Å². The quantitative estimate of drug-likeness (QED) is 0.0723. The molecule has 0 radical (unpaired) electrons. The summed E-state index contributed by atoms with van der Waals surface area (Å²) < 4.78 is 78.9. The van der Waals surface area contributed by atoms with E-state index in [0.717, 1.165) is 210 Å². The van der Waals surface area contributed by atoms with Crippen LogP contribution in [0.3, 0.4) is 0 Å². The first-order valence-electron chi connectivity index (χ1n) is 49.2. The van der Waals surface area contributed by atoms with E-state index in [1.54, 1.807) is 35.3 Å². The van der Waals surface area contributed by atoms with Gasteiger partial charge in [-0.05, 0) is 98.7 Å². The fourth-order valence-corrected chi connectivity index (χ4v) is 20.5. The molecule has 0 N–H and O–H groups in total. The molecular weight excluding hydrogens is 2390 g/mol. The van der Waals surface area contributed by atoms with Gasteiger partial charge in [-0.3, -0.25) is 4.57 Å². The van der Waals surface area contributed by atoms with Crippen molar-refractivity contribution < 1.29 is 108 Å². The van der Waals surface area contributed by atoms with E-state index in [1.165, 1.54) is 4.57 Å². The number of nitrogens with zero attached hydrogens (tertiary/aromatic N) is 12. The standard InChI is InChI=1S/C54H32N4O2.2C37H22N4O2.3Pt/c1-3-15-36(16-4-1)41-23-14-24-42(37-17-5-2-6-18-37)54(41)57-35-56(48-26-10-11-27-49(48)57)38-19-13-20-39(31-38)59-40-29-30-44-43-21-7-9-25-47(43)58(50(44)32-40)53-33-46-45-22-8-12-28-51(45)60-52(46)34-55-53;2*1-39-23-40(33-15-6-5-14-32(33)39)24-9-8-10-25(19-24)42-26-17-18-28-27-11-2-4-13-31(27)41(34(28)20-26)37-21-30-29-12-3-7-16-35(29)43-36(30)22-38-37;;;/h1-30,33-34H;2*2-18,21-22H,1H3;;;/q3*-2;;;/i;1D3;;;;. The molecule has 18 nitrogen and oxygen atoms in total. The molecule has 149 heavy (non-hydrogen) atoms. The molecule has 18 aromatic carbocycles. The van der Waals surface area contributed by atoms with Crippen LogP contribution in [-0.4, -0.2) is 42.4 Å². The SMILES string of the molecule is C[n+]1[c-]n(-c2[c-]c(Oc3[c-]c4c(cc3)c3ccccc3n4-c3cc4c(cn3)oc3ccccc34)ccc2)c2ccccc21.[2H]C([2H])([2H])[n+]1[c-]n(-c2[c-]c(Oc3[c-]c4c(cc3)c3ccccc3n4-c3cc4c(cn3)oc3ccccc34)ccc2)c2ccccc21.[Pt].[Pt].[Pt].[c-]1c(Oc2[c-]c3c(cc2)c2ccccc2n3-c2cc3c(cn2)oc2ccccc23)cccc1-n1[c-][n+](-c2c(-c3ccccc3)cccc2-c2ccccc2)c2ccccc21. The first kappa shape index (κ1) is 88.8. The molecule has 12 heterocycles. The predicted molar refractivity (Wildman–Crippen MR) is 572 cm³/mol. The number of para-hydroxylation sites is 13. The maximum atomic E-state index is 7.98. The molecule has 0 saturated heterocycles. The number of ether oxygens (including phenoxy) is 3. The number of rotatable bonds is 15. The van der Waals surface area contributed by atoms with Gasteiger partial charge in [0.1, 0.15) is 34.2 Å². The Morgan fingerprint density at radius 2 is 0.557 bits per heavy atom. The average Bonchev–Trinajstić information content (AvgIpc) is 1.59. The van der Waals surface area contributed by atoms with Crippen molar-refractivity contribution in [1.82, 2.24) is 42.4 Å². The zero-order valence-electron chi connectivity index (χ0n) is 81.7. The minimum Gasteiger partial charge on any atom is -0.510 e. The van der Waals surface area contributed by atoms with Gasteiger partial charge in [0.25, 0.3) is 6.33 Å². The Balaban J connectivity index is 0.000000118. The number of aryl methyl sites for hydroxylation is 2. The van der Waals surface area contributed by atoms with Crippen LogP contribution in [0.25, 0.3) is 227 Å². The van der Waals surface area contributed by atoms with Gasteiger partial charge in [-0.2, -0.15) is 54.6 Å². The van der Waals surface area contributed by atoms with E-state index in [-0.39, 0.29) is 63.2 Å². The summed E-state index contributed by atoms with van der Waals surface area (Å²) in [6.07, 6.45) is 15.5. The summed E-state index contributed by atoms with van der Waals surface area (Å²) >= 11 is 0. The maximum Gasteiger partial charge on any atom is 0.268 e. The van der Waals surface area contributed by atoms with Gasteiger partial charge in [-0.15, -0.1) is 89.0 Å². The van der Waals surface area contributed by atoms with Crippen LogP contribution in [0.2, 0.25) is 0 Å². The summed E-state index contributed by atoms with van der Waals surface area (Å²) in [4.78, 5) is 14.5. The summed E-state index contributed by atoms with van der Waals surface area (Å²) in [5, 5.41) is 12.6. The van der Waals surface area contributed by atoms with Gasteiger partial charge in [0, 0.05) is 147 Å². The molecule has 12 aromatic heterocycles. The van der Waals surface area contributed by atoms with Crippen molar-refractivity contribution in [1.29, 1.82) is 0 Å². The second kappa shape index (κ2) is 38.2. The van der Waals surface area contributed by atoms with Crippen LogP contribution in [-0.2, 0) is 77.2 Å². The predicted octanol–water partition coefficient (Wildman–Crippen LogP) is 28.9. The molecule has 0 amide bonds. The van der Waals surface area contributed by atoms with Crippen molar-refractivity contribution in [3.8, 4) is 97.0 Å². The van der Waals surface area contributed by atoms with Crippen LogP contribution in [0.1, 0.15) is 4.11 Å². The number of imidazole rings is 3. The minimum atomic E-state index is -2.38. The van der Waals surface area contributed by atoms with E-state index in [0.29, 0.717) is 51.2 Å². The third-order valence-corrected chi connectivity index (χ3v) is 27.0. The summed E-state index contributed by atoms with van der Waals surface area (Å²) in [6, 6.07) is 157. The van der Waals surface area contributed by atoms with Crippen molar-refractivity contribution in [2.24, 2.45) is 14.0 Å². The molecule has 0 bridgehead atoms. The van der Waals surface area contributed by atoms with Gasteiger partial charge in [0.15, 0.2) is 16.7 Å². The van der Waals surface area contributed by atoms with Gasteiger partial charge in [0.2, 0.25) is 12.7 Å². The fraction of sp³-hybridized carbons (Fsp3) is 0.0156. The fourth-order valence-electron chi connectivity index (χ4n) is 20.5.